The minimum atomic E-state index is -0.363. The number of carbonyl (C=O) groups is 1. The summed E-state index contributed by atoms with van der Waals surface area (Å²) in [5, 5.41) is 6.30. The molecule has 3 aromatic rings. The van der Waals surface area contributed by atoms with Crippen LogP contribution < -0.4 is 10.9 Å². The summed E-state index contributed by atoms with van der Waals surface area (Å²) < 4.78 is 20.1. The molecule has 3 rings (SSSR count). The number of amides is 1. The van der Waals surface area contributed by atoms with Crippen LogP contribution in [0.25, 0.3) is 11.4 Å². The van der Waals surface area contributed by atoms with E-state index in [-0.39, 0.29) is 35.5 Å². The van der Waals surface area contributed by atoms with Gasteiger partial charge >= 0.3 is 0 Å². The van der Waals surface area contributed by atoms with Gasteiger partial charge in [-0.15, -0.1) is 0 Å². The summed E-state index contributed by atoms with van der Waals surface area (Å²) in [6.07, 6.45) is 1.41. The lowest BCUT2D eigenvalue weighted by Gasteiger charge is -2.04. The molecule has 0 bridgehead atoms. The Hall–Kier alpha value is -3.29. The molecule has 0 saturated heterocycles. The van der Waals surface area contributed by atoms with Gasteiger partial charge in [-0.2, -0.15) is 4.98 Å². The van der Waals surface area contributed by atoms with E-state index in [1.54, 1.807) is 19.1 Å². The van der Waals surface area contributed by atoms with E-state index in [0.29, 0.717) is 16.7 Å². The molecule has 0 saturated carbocycles. The van der Waals surface area contributed by atoms with Gasteiger partial charge in [-0.1, -0.05) is 17.3 Å². The molecule has 0 unspecified atom stereocenters. The fraction of sp³-hybridized carbons (Fsp3) is 0.176. The van der Waals surface area contributed by atoms with Gasteiger partial charge in [0, 0.05) is 24.9 Å². The lowest BCUT2D eigenvalue weighted by molar-refractivity contribution is 0.0962. The topological polar surface area (TPSA) is 90.0 Å². The van der Waals surface area contributed by atoms with E-state index in [1.165, 1.54) is 36.0 Å². The van der Waals surface area contributed by atoms with E-state index in [9.17, 15) is 14.0 Å². The van der Waals surface area contributed by atoms with Crippen molar-refractivity contribution in [3.63, 3.8) is 0 Å². The van der Waals surface area contributed by atoms with E-state index in [4.69, 9.17) is 4.52 Å². The number of nitrogens with one attached hydrogen (secondary N) is 1. The van der Waals surface area contributed by atoms with Crippen LogP contribution in [0.5, 0.6) is 0 Å². The third kappa shape index (κ3) is 3.47. The van der Waals surface area contributed by atoms with Crippen LogP contribution in [0.2, 0.25) is 0 Å². The molecular formula is C17H15FN4O3. The van der Waals surface area contributed by atoms with E-state index >= 15 is 0 Å². The second-order valence-electron chi connectivity index (χ2n) is 5.44. The minimum Gasteiger partial charge on any atom is -0.355 e. The smallest absolute Gasteiger partial charge is 0.252 e. The zero-order valence-electron chi connectivity index (χ0n) is 13.6. The summed E-state index contributed by atoms with van der Waals surface area (Å²) >= 11 is 0. The third-order valence-corrected chi connectivity index (χ3v) is 3.68. The first-order chi connectivity index (χ1) is 12.0. The fourth-order valence-electron chi connectivity index (χ4n) is 2.25. The van der Waals surface area contributed by atoms with Crippen molar-refractivity contribution in [3.05, 3.63) is 69.7 Å². The minimum absolute atomic E-state index is 0.00497. The van der Waals surface area contributed by atoms with Crippen LogP contribution in [0.3, 0.4) is 0 Å². The molecule has 0 aliphatic rings. The van der Waals surface area contributed by atoms with Gasteiger partial charge in [0.2, 0.25) is 11.7 Å². The van der Waals surface area contributed by atoms with Gasteiger partial charge in [-0.25, -0.2) is 4.39 Å². The summed E-state index contributed by atoms with van der Waals surface area (Å²) in [5.74, 6) is -0.273. The predicted molar refractivity (Wildman–Crippen MR) is 87.6 cm³/mol. The van der Waals surface area contributed by atoms with Crippen molar-refractivity contribution in [1.82, 2.24) is 20.0 Å². The highest BCUT2D eigenvalue weighted by molar-refractivity contribution is 5.93. The zero-order chi connectivity index (χ0) is 18.0. The number of hydrogen-bond acceptors (Lipinski definition) is 5. The van der Waals surface area contributed by atoms with Crippen LogP contribution in [0.4, 0.5) is 4.39 Å². The van der Waals surface area contributed by atoms with Gasteiger partial charge in [-0.3, -0.25) is 9.59 Å². The second-order valence-corrected chi connectivity index (χ2v) is 5.44. The Balaban J connectivity index is 1.87. The summed E-state index contributed by atoms with van der Waals surface area (Å²) in [5.41, 5.74) is 1.02. The van der Waals surface area contributed by atoms with Crippen molar-refractivity contribution >= 4 is 5.91 Å². The number of aromatic nitrogens is 3. The van der Waals surface area contributed by atoms with Crippen molar-refractivity contribution in [2.24, 2.45) is 0 Å². The molecule has 25 heavy (non-hydrogen) atoms. The molecule has 8 heteroatoms. The van der Waals surface area contributed by atoms with Crippen LogP contribution in [-0.2, 0) is 6.54 Å². The van der Waals surface area contributed by atoms with Crippen LogP contribution >= 0.6 is 0 Å². The molecule has 1 N–H and O–H groups in total. The number of carbonyl (C=O) groups excluding carboxylic acids is 1. The molecule has 0 fully saturated rings. The SMILES string of the molecule is CNC(=O)c1ccc(=O)n(Cc2nc(-c3ccc(C)c(F)c3)no2)c1. The molecule has 0 atom stereocenters. The molecule has 7 nitrogen and oxygen atoms in total. The molecule has 0 spiro atoms. The maximum absolute atomic E-state index is 13.7. The second kappa shape index (κ2) is 6.68. The molecule has 1 amide bonds. The van der Waals surface area contributed by atoms with Gasteiger partial charge in [-0.05, 0) is 24.6 Å². The third-order valence-electron chi connectivity index (χ3n) is 3.68. The molecule has 128 valence electrons. The maximum atomic E-state index is 13.7. The molecule has 0 aliphatic carbocycles. The molecule has 0 aliphatic heterocycles. The average Bonchev–Trinajstić information content (AvgIpc) is 3.07. The van der Waals surface area contributed by atoms with Crippen molar-refractivity contribution in [2.45, 2.75) is 13.5 Å². The fourth-order valence-corrected chi connectivity index (χ4v) is 2.25. The summed E-state index contributed by atoms with van der Waals surface area (Å²) in [4.78, 5) is 27.8. The number of nitrogens with zero attached hydrogens (tertiary/aromatic N) is 3. The van der Waals surface area contributed by atoms with Gasteiger partial charge in [0.1, 0.15) is 12.4 Å². The van der Waals surface area contributed by atoms with E-state index in [1.807, 2.05) is 0 Å². The highest BCUT2D eigenvalue weighted by Gasteiger charge is 2.12. The van der Waals surface area contributed by atoms with Gasteiger partial charge in [0.25, 0.3) is 11.5 Å². The van der Waals surface area contributed by atoms with Crippen LogP contribution in [0.1, 0.15) is 21.8 Å². The van der Waals surface area contributed by atoms with Gasteiger partial charge in [0.15, 0.2) is 0 Å². The number of rotatable bonds is 4. The van der Waals surface area contributed by atoms with Gasteiger partial charge in [0.05, 0.1) is 5.56 Å². The van der Waals surface area contributed by atoms with Crippen LogP contribution in [0, 0.1) is 12.7 Å². The molecule has 1 aromatic carbocycles. The van der Waals surface area contributed by atoms with Crippen molar-refractivity contribution in [3.8, 4) is 11.4 Å². The quantitative estimate of drug-likeness (QED) is 0.780. The number of aryl methyl sites for hydroxylation is 1. The average molecular weight is 342 g/mol. The lowest BCUT2D eigenvalue weighted by Crippen LogP contribution is -2.24. The first-order valence-electron chi connectivity index (χ1n) is 7.49. The Morgan fingerprint density at radius 2 is 2.12 bits per heavy atom. The number of pyridine rings is 1. The number of hydrogen-bond donors (Lipinski definition) is 1. The highest BCUT2D eigenvalue weighted by atomic mass is 19.1. The Morgan fingerprint density at radius 1 is 1.32 bits per heavy atom. The van der Waals surface area contributed by atoms with Gasteiger partial charge < -0.3 is 14.4 Å². The Morgan fingerprint density at radius 3 is 2.84 bits per heavy atom. The Labute approximate surface area is 142 Å². The number of benzene rings is 1. The molecule has 2 aromatic heterocycles. The van der Waals surface area contributed by atoms with Crippen molar-refractivity contribution in [1.29, 1.82) is 0 Å². The summed E-state index contributed by atoms with van der Waals surface area (Å²) in [6.45, 7) is 1.66. The Bertz CT molecular complexity index is 994. The first-order valence-corrected chi connectivity index (χ1v) is 7.49. The lowest BCUT2D eigenvalue weighted by atomic mass is 10.1. The van der Waals surface area contributed by atoms with Crippen LogP contribution in [-0.4, -0.2) is 27.7 Å². The largest absolute Gasteiger partial charge is 0.355 e. The van der Waals surface area contributed by atoms with Crippen molar-refractivity contribution < 1.29 is 13.7 Å². The zero-order valence-corrected chi connectivity index (χ0v) is 13.6. The van der Waals surface area contributed by atoms with Crippen molar-refractivity contribution in [2.75, 3.05) is 7.05 Å². The highest BCUT2D eigenvalue weighted by Crippen LogP contribution is 2.19. The molecular weight excluding hydrogens is 327 g/mol. The summed E-state index contributed by atoms with van der Waals surface area (Å²) in [7, 11) is 1.50. The predicted octanol–water partition coefficient (Wildman–Crippen LogP) is 1.75. The van der Waals surface area contributed by atoms with Crippen LogP contribution in [0.15, 0.2) is 45.8 Å². The first kappa shape index (κ1) is 16.6. The van der Waals surface area contributed by atoms with E-state index in [2.05, 4.69) is 15.5 Å². The molecule has 2 heterocycles. The number of halogens is 1. The Kier molecular flexibility index (Phi) is 4.42. The monoisotopic (exact) mass is 342 g/mol. The van der Waals surface area contributed by atoms with E-state index < -0.39 is 0 Å². The summed E-state index contributed by atoms with van der Waals surface area (Å²) in [6, 6.07) is 7.36. The molecule has 0 radical (unpaired) electrons. The van der Waals surface area contributed by atoms with E-state index in [0.717, 1.165) is 0 Å². The normalized spacial score (nSPS) is 10.7. The maximum Gasteiger partial charge on any atom is 0.252 e. The standard InChI is InChI=1S/C17H15FN4O3/c1-10-3-4-11(7-13(10)18)16-20-14(25-21-16)9-22-8-12(17(24)19-2)5-6-15(22)23/h3-8H,9H2,1-2H3,(H,19,24).